The Labute approximate surface area is 162 Å². The second kappa shape index (κ2) is 7.15. The van der Waals surface area contributed by atoms with E-state index in [1.54, 1.807) is 0 Å². The first-order valence-electron chi connectivity index (χ1n) is 9.87. The van der Waals surface area contributed by atoms with Crippen molar-refractivity contribution >= 4 is 11.5 Å². The van der Waals surface area contributed by atoms with Crippen molar-refractivity contribution in [3.05, 3.63) is 84.6 Å². The minimum absolute atomic E-state index is 0.171. The first kappa shape index (κ1) is 17.7. The van der Waals surface area contributed by atoms with Crippen molar-refractivity contribution in [3.63, 3.8) is 0 Å². The smallest absolute Gasteiger partial charge is 0.130 e. The molecule has 1 aliphatic heterocycles. The van der Waals surface area contributed by atoms with E-state index >= 15 is 0 Å². The van der Waals surface area contributed by atoms with Gasteiger partial charge in [0.05, 0.1) is 12.1 Å². The molecule has 1 fully saturated rings. The minimum Gasteiger partial charge on any atom is -0.342 e. The van der Waals surface area contributed by atoms with Crippen LogP contribution in [0.3, 0.4) is 0 Å². The summed E-state index contributed by atoms with van der Waals surface area (Å²) in [6.07, 6.45) is 2.31. The first-order chi connectivity index (χ1) is 13.1. The lowest BCUT2D eigenvalue weighted by Gasteiger charge is -2.35. The van der Waals surface area contributed by atoms with Gasteiger partial charge in [-0.3, -0.25) is 0 Å². The van der Waals surface area contributed by atoms with Gasteiger partial charge in [0, 0.05) is 18.9 Å². The molecule has 0 saturated carbocycles. The zero-order valence-electron chi connectivity index (χ0n) is 16.7. The van der Waals surface area contributed by atoms with Crippen LogP contribution >= 0.6 is 0 Å². The van der Waals surface area contributed by atoms with E-state index in [4.69, 9.17) is 0 Å². The monoisotopic (exact) mass is 359 g/mol. The third kappa shape index (κ3) is 3.01. The topological polar surface area (TPSA) is 11.4 Å². The average molecular weight is 360 g/mol. The number of benzene rings is 2. The molecule has 1 aromatic heterocycles. The molecule has 0 radical (unpaired) electrons. The fraction of sp³-hybridized carbons (Fsp3) is 0.333. The highest BCUT2D eigenvalue weighted by atomic mass is 15.5. The van der Waals surface area contributed by atoms with Gasteiger partial charge in [0.1, 0.15) is 12.0 Å². The lowest BCUT2D eigenvalue weighted by Crippen LogP contribution is -2.40. The Balaban J connectivity index is 1.92. The van der Waals surface area contributed by atoms with Crippen molar-refractivity contribution in [2.45, 2.75) is 39.0 Å². The summed E-state index contributed by atoms with van der Waals surface area (Å²) in [6.45, 7) is 7.05. The van der Waals surface area contributed by atoms with E-state index in [2.05, 4.69) is 121 Å². The molecular formula is C24H29N3. The summed E-state index contributed by atoms with van der Waals surface area (Å²) in [6, 6.07) is 27.0. The molecule has 3 atom stereocenters. The molecule has 27 heavy (non-hydrogen) atoms. The first-order valence-corrected chi connectivity index (χ1v) is 9.87. The Bertz CT molecular complexity index is 869. The second-order valence-corrected chi connectivity index (χ2v) is 7.89. The van der Waals surface area contributed by atoms with Crippen LogP contribution in [0.4, 0.5) is 11.5 Å². The van der Waals surface area contributed by atoms with Gasteiger partial charge in [0.25, 0.3) is 0 Å². The average Bonchev–Trinajstić information content (AvgIpc) is 3.23. The van der Waals surface area contributed by atoms with Gasteiger partial charge in [0.2, 0.25) is 0 Å². The molecule has 2 unspecified atom stereocenters. The van der Waals surface area contributed by atoms with Gasteiger partial charge in [-0.05, 0) is 42.7 Å². The number of anilines is 2. The molecule has 4 rings (SSSR count). The van der Waals surface area contributed by atoms with Gasteiger partial charge in [-0.2, -0.15) is 0 Å². The molecule has 0 spiro atoms. The summed E-state index contributed by atoms with van der Waals surface area (Å²) >= 11 is 0. The van der Waals surface area contributed by atoms with E-state index in [1.165, 1.54) is 17.1 Å². The van der Waals surface area contributed by atoms with Crippen molar-refractivity contribution in [3.8, 4) is 0 Å². The van der Waals surface area contributed by atoms with Gasteiger partial charge >= 0.3 is 0 Å². The van der Waals surface area contributed by atoms with E-state index < -0.39 is 0 Å². The molecule has 2 aromatic carbocycles. The van der Waals surface area contributed by atoms with Crippen LogP contribution in [0.15, 0.2) is 79.0 Å². The lowest BCUT2D eigenvalue weighted by atomic mass is 9.96. The molecule has 140 valence electrons. The van der Waals surface area contributed by atoms with Gasteiger partial charge < -0.3 is 14.4 Å². The van der Waals surface area contributed by atoms with Gasteiger partial charge in [-0.25, -0.2) is 0 Å². The summed E-state index contributed by atoms with van der Waals surface area (Å²) in [4.78, 5) is 5.21. The Hall–Kier alpha value is -2.68. The number of hydrogen-bond donors (Lipinski definition) is 0. The number of hydrogen-bond acceptors (Lipinski definition) is 2. The molecule has 0 amide bonds. The van der Waals surface area contributed by atoms with E-state index in [0.29, 0.717) is 18.0 Å². The van der Waals surface area contributed by atoms with Crippen molar-refractivity contribution in [2.24, 2.45) is 13.0 Å². The van der Waals surface area contributed by atoms with Crippen molar-refractivity contribution in [1.82, 2.24) is 4.57 Å². The lowest BCUT2D eigenvalue weighted by molar-refractivity contribution is 0.454. The molecule has 0 bridgehead atoms. The van der Waals surface area contributed by atoms with E-state index in [-0.39, 0.29) is 6.17 Å². The van der Waals surface area contributed by atoms with Crippen LogP contribution < -0.4 is 9.80 Å². The van der Waals surface area contributed by atoms with Crippen molar-refractivity contribution < 1.29 is 0 Å². The molecule has 0 aliphatic carbocycles. The predicted molar refractivity (Wildman–Crippen MR) is 114 cm³/mol. The quantitative estimate of drug-likeness (QED) is 0.612. The summed E-state index contributed by atoms with van der Waals surface area (Å²) in [5.74, 6) is 1.80. The van der Waals surface area contributed by atoms with Crippen LogP contribution in [0.25, 0.3) is 0 Å². The fourth-order valence-corrected chi connectivity index (χ4v) is 4.71. The van der Waals surface area contributed by atoms with Crippen LogP contribution in [0.5, 0.6) is 0 Å². The zero-order chi connectivity index (χ0) is 19.0. The minimum atomic E-state index is 0.171. The van der Waals surface area contributed by atoms with Crippen LogP contribution in [0.2, 0.25) is 0 Å². The standard InChI is InChI=1S/C24H29N3/c1-18(2)23-19(3)26(22-16-11-17-25(22)4)24(20-12-7-5-8-13-20)27(23)21-14-9-6-10-15-21/h5-19,23-24H,1-4H3/t19-,23?,24?/m0/s1. The molecule has 3 aromatic rings. The number of nitrogens with zero attached hydrogens (tertiary/aromatic N) is 3. The maximum absolute atomic E-state index is 2.62. The maximum Gasteiger partial charge on any atom is 0.130 e. The second-order valence-electron chi connectivity index (χ2n) is 7.89. The number of aromatic nitrogens is 1. The number of para-hydroxylation sites is 1. The summed E-state index contributed by atoms with van der Waals surface area (Å²) in [7, 11) is 2.14. The largest absolute Gasteiger partial charge is 0.342 e. The van der Waals surface area contributed by atoms with Crippen LogP contribution in [-0.4, -0.2) is 16.7 Å². The Morgan fingerprint density at radius 2 is 1.41 bits per heavy atom. The van der Waals surface area contributed by atoms with Crippen LogP contribution in [0, 0.1) is 5.92 Å². The Morgan fingerprint density at radius 1 is 0.778 bits per heavy atom. The highest BCUT2D eigenvalue weighted by Gasteiger charge is 2.47. The molecule has 1 saturated heterocycles. The molecule has 2 heterocycles. The van der Waals surface area contributed by atoms with Crippen LogP contribution in [0.1, 0.15) is 32.5 Å². The molecule has 0 N–H and O–H groups in total. The van der Waals surface area contributed by atoms with Gasteiger partial charge in [-0.15, -0.1) is 0 Å². The molecule has 3 nitrogen and oxygen atoms in total. The highest BCUT2D eigenvalue weighted by molar-refractivity contribution is 5.60. The zero-order valence-corrected chi connectivity index (χ0v) is 16.7. The van der Waals surface area contributed by atoms with Crippen LogP contribution in [-0.2, 0) is 7.05 Å². The third-order valence-corrected chi connectivity index (χ3v) is 5.80. The maximum atomic E-state index is 2.62. The third-order valence-electron chi connectivity index (χ3n) is 5.80. The summed E-state index contributed by atoms with van der Waals surface area (Å²) < 4.78 is 2.23. The van der Waals surface area contributed by atoms with E-state index in [1.807, 2.05) is 0 Å². The normalized spacial score (nSPS) is 22.6. The number of aryl methyl sites for hydroxylation is 1. The Morgan fingerprint density at radius 3 is 1.96 bits per heavy atom. The van der Waals surface area contributed by atoms with Crippen molar-refractivity contribution in [2.75, 3.05) is 9.80 Å². The van der Waals surface area contributed by atoms with Gasteiger partial charge in [0.15, 0.2) is 0 Å². The molecular weight excluding hydrogens is 330 g/mol. The molecule has 1 aliphatic rings. The van der Waals surface area contributed by atoms with Crippen molar-refractivity contribution in [1.29, 1.82) is 0 Å². The summed E-state index contributed by atoms with van der Waals surface area (Å²) in [5.41, 5.74) is 2.62. The molecule has 3 heteroatoms. The fourth-order valence-electron chi connectivity index (χ4n) is 4.71. The predicted octanol–water partition coefficient (Wildman–Crippen LogP) is 5.46. The van der Waals surface area contributed by atoms with E-state index in [0.717, 1.165) is 0 Å². The van der Waals surface area contributed by atoms with E-state index in [9.17, 15) is 0 Å². The SMILES string of the molecule is CC(C)C1[C@H](C)N(c2cccn2C)C(c2ccccc2)N1c1ccccc1. The van der Waals surface area contributed by atoms with Gasteiger partial charge in [-0.1, -0.05) is 62.4 Å². The Kier molecular flexibility index (Phi) is 4.69. The summed E-state index contributed by atoms with van der Waals surface area (Å²) in [5, 5.41) is 0. The number of rotatable bonds is 4. The highest BCUT2D eigenvalue weighted by Crippen LogP contribution is 2.45.